The smallest absolute Gasteiger partial charge is 0.271 e. The van der Waals surface area contributed by atoms with Crippen LogP contribution in [-0.2, 0) is 6.42 Å². The Bertz CT molecular complexity index is 365. The predicted molar refractivity (Wildman–Crippen MR) is 52.1 cm³/mol. The molecule has 1 aromatic heterocycles. The van der Waals surface area contributed by atoms with Gasteiger partial charge in [-0.25, -0.2) is 0 Å². The highest BCUT2D eigenvalue weighted by atomic mass is 15.2. The van der Waals surface area contributed by atoms with E-state index in [1.54, 1.807) is 6.07 Å². The normalized spacial score (nSPS) is 14.9. The molecular formula is C10H11N3. The molecule has 0 amide bonds. The molecule has 3 nitrogen and oxygen atoms in total. The molecule has 1 aliphatic rings. The Morgan fingerprint density at radius 1 is 1.54 bits per heavy atom. The van der Waals surface area contributed by atoms with Crippen LogP contribution in [0.25, 0.3) is 4.85 Å². The summed E-state index contributed by atoms with van der Waals surface area (Å²) in [7, 11) is 2.03. The summed E-state index contributed by atoms with van der Waals surface area (Å²) in [5, 5.41) is 0. The third-order valence-electron chi connectivity index (χ3n) is 2.36. The Balaban J connectivity index is 2.48. The molecule has 0 atom stereocenters. The van der Waals surface area contributed by atoms with Gasteiger partial charge in [0.1, 0.15) is 0 Å². The fourth-order valence-corrected chi connectivity index (χ4v) is 1.67. The van der Waals surface area contributed by atoms with Crippen LogP contribution in [0.15, 0.2) is 12.1 Å². The highest BCUT2D eigenvalue weighted by Gasteiger charge is 2.18. The molecule has 0 aromatic carbocycles. The first-order valence-corrected chi connectivity index (χ1v) is 4.40. The summed E-state index contributed by atoms with van der Waals surface area (Å²) in [5.74, 6) is 1.48. The second-order valence-corrected chi connectivity index (χ2v) is 3.29. The van der Waals surface area contributed by atoms with Crippen LogP contribution < -0.4 is 4.90 Å². The Morgan fingerprint density at radius 2 is 2.38 bits per heavy atom. The van der Waals surface area contributed by atoms with Crippen molar-refractivity contribution >= 4 is 11.6 Å². The van der Waals surface area contributed by atoms with Gasteiger partial charge in [-0.05, 0) is 18.9 Å². The van der Waals surface area contributed by atoms with Crippen LogP contribution in [0.4, 0.5) is 11.6 Å². The second-order valence-electron chi connectivity index (χ2n) is 3.29. The van der Waals surface area contributed by atoms with Crippen molar-refractivity contribution in [1.29, 1.82) is 0 Å². The second kappa shape index (κ2) is 3.06. The van der Waals surface area contributed by atoms with Crippen LogP contribution in [0.3, 0.4) is 0 Å². The Hall–Kier alpha value is -1.56. The first-order chi connectivity index (χ1) is 6.31. The van der Waals surface area contributed by atoms with Crippen LogP contribution in [0.1, 0.15) is 12.0 Å². The molecule has 0 bridgehead atoms. The van der Waals surface area contributed by atoms with Crippen molar-refractivity contribution in [3.05, 3.63) is 29.1 Å². The number of anilines is 1. The lowest BCUT2D eigenvalue weighted by molar-refractivity contribution is 0.731. The Kier molecular flexibility index (Phi) is 1.90. The maximum atomic E-state index is 6.87. The van der Waals surface area contributed by atoms with E-state index in [4.69, 9.17) is 6.57 Å². The fraction of sp³-hybridized carbons (Fsp3) is 0.400. The number of rotatable bonds is 0. The Labute approximate surface area is 77.8 Å². The highest BCUT2D eigenvalue weighted by Crippen LogP contribution is 2.25. The first-order valence-electron chi connectivity index (χ1n) is 4.40. The lowest BCUT2D eigenvalue weighted by atomic mass is 10.1. The fourth-order valence-electron chi connectivity index (χ4n) is 1.67. The minimum atomic E-state index is 0.493. The van der Waals surface area contributed by atoms with Crippen molar-refractivity contribution in [3.63, 3.8) is 0 Å². The molecular weight excluding hydrogens is 162 g/mol. The van der Waals surface area contributed by atoms with Crippen LogP contribution in [0.5, 0.6) is 0 Å². The van der Waals surface area contributed by atoms with Gasteiger partial charge in [-0.1, -0.05) is 12.6 Å². The number of hydrogen-bond acceptors (Lipinski definition) is 2. The van der Waals surface area contributed by atoms with E-state index >= 15 is 0 Å². The SMILES string of the molecule is [C-]#[N+]c1ccc2c(n1)N(C)CCC2. The number of aromatic nitrogens is 1. The summed E-state index contributed by atoms with van der Waals surface area (Å²) < 4.78 is 0. The average molecular weight is 173 g/mol. The minimum Gasteiger partial charge on any atom is -0.361 e. The number of hydrogen-bond donors (Lipinski definition) is 0. The summed E-state index contributed by atoms with van der Waals surface area (Å²) in [5.41, 5.74) is 1.26. The molecule has 1 aromatic rings. The van der Waals surface area contributed by atoms with Gasteiger partial charge in [-0.2, -0.15) is 0 Å². The summed E-state index contributed by atoms with van der Waals surface area (Å²) in [6, 6.07) is 3.82. The van der Waals surface area contributed by atoms with E-state index in [1.807, 2.05) is 13.1 Å². The van der Waals surface area contributed by atoms with Crippen LogP contribution in [0, 0.1) is 6.57 Å². The van der Waals surface area contributed by atoms with Gasteiger partial charge < -0.3 is 9.74 Å². The van der Waals surface area contributed by atoms with Gasteiger partial charge in [0, 0.05) is 19.2 Å². The highest BCUT2D eigenvalue weighted by molar-refractivity contribution is 5.54. The average Bonchev–Trinajstić information content (AvgIpc) is 2.18. The number of nitrogens with zero attached hydrogens (tertiary/aromatic N) is 3. The number of pyridine rings is 1. The Morgan fingerprint density at radius 3 is 3.15 bits per heavy atom. The molecule has 0 saturated carbocycles. The van der Waals surface area contributed by atoms with Crippen molar-refractivity contribution < 1.29 is 0 Å². The van der Waals surface area contributed by atoms with E-state index in [-0.39, 0.29) is 0 Å². The maximum Gasteiger partial charge on any atom is 0.271 e. The maximum absolute atomic E-state index is 6.87. The monoisotopic (exact) mass is 173 g/mol. The van der Waals surface area contributed by atoms with E-state index in [9.17, 15) is 0 Å². The van der Waals surface area contributed by atoms with Gasteiger partial charge in [-0.15, -0.1) is 4.98 Å². The van der Waals surface area contributed by atoms with Crippen molar-refractivity contribution in [1.82, 2.24) is 4.98 Å². The topological polar surface area (TPSA) is 20.5 Å². The molecule has 3 heteroatoms. The summed E-state index contributed by atoms with van der Waals surface area (Å²) in [6.45, 7) is 7.91. The summed E-state index contributed by atoms with van der Waals surface area (Å²) >= 11 is 0. The van der Waals surface area contributed by atoms with Gasteiger partial charge in [0.15, 0.2) is 0 Å². The lowest BCUT2D eigenvalue weighted by Gasteiger charge is -2.23. The van der Waals surface area contributed by atoms with E-state index in [1.165, 1.54) is 12.0 Å². The molecule has 0 spiro atoms. The quantitative estimate of drug-likeness (QED) is 0.559. The largest absolute Gasteiger partial charge is 0.361 e. The third-order valence-corrected chi connectivity index (χ3v) is 2.36. The molecule has 0 unspecified atom stereocenters. The summed E-state index contributed by atoms with van der Waals surface area (Å²) in [4.78, 5) is 9.73. The van der Waals surface area contributed by atoms with E-state index in [0.29, 0.717) is 5.82 Å². The van der Waals surface area contributed by atoms with Gasteiger partial charge in [-0.3, -0.25) is 0 Å². The van der Waals surface area contributed by atoms with Gasteiger partial charge >= 0.3 is 0 Å². The van der Waals surface area contributed by atoms with Crippen molar-refractivity contribution in [2.45, 2.75) is 12.8 Å². The summed E-state index contributed by atoms with van der Waals surface area (Å²) in [6.07, 6.45) is 2.27. The van der Waals surface area contributed by atoms with E-state index in [2.05, 4.69) is 14.7 Å². The molecule has 0 fully saturated rings. The molecule has 66 valence electrons. The van der Waals surface area contributed by atoms with Gasteiger partial charge in [0.25, 0.3) is 5.82 Å². The molecule has 2 heterocycles. The number of fused-ring (bicyclic) bond motifs is 1. The molecule has 2 rings (SSSR count). The number of aryl methyl sites for hydroxylation is 1. The standard InChI is InChI=1S/C10H11N3/c1-11-9-6-5-8-4-3-7-13(2)10(8)12-9/h5-6H,3-4,7H2,2H3. The van der Waals surface area contributed by atoms with E-state index in [0.717, 1.165) is 18.8 Å². The minimum absolute atomic E-state index is 0.493. The molecule has 13 heavy (non-hydrogen) atoms. The first kappa shape index (κ1) is 8.06. The molecule has 0 saturated heterocycles. The zero-order valence-corrected chi connectivity index (χ0v) is 7.62. The predicted octanol–water partition coefficient (Wildman–Crippen LogP) is 2.01. The van der Waals surface area contributed by atoms with Gasteiger partial charge in [0.2, 0.25) is 5.82 Å². The van der Waals surface area contributed by atoms with Crippen molar-refractivity contribution in [2.75, 3.05) is 18.5 Å². The zero-order valence-electron chi connectivity index (χ0n) is 7.62. The lowest BCUT2D eigenvalue weighted by Crippen LogP contribution is -2.25. The molecule has 0 N–H and O–H groups in total. The van der Waals surface area contributed by atoms with Crippen molar-refractivity contribution in [2.24, 2.45) is 0 Å². The third kappa shape index (κ3) is 1.35. The van der Waals surface area contributed by atoms with Crippen molar-refractivity contribution in [3.8, 4) is 0 Å². The molecule has 0 aliphatic carbocycles. The molecule has 0 radical (unpaired) electrons. The molecule has 1 aliphatic heterocycles. The zero-order chi connectivity index (χ0) is 9.26. The van der Waals surface area contributed by atoms with E-state index < -0.39 is 0 Å². The van der Waals surface area contributed by atoms with Gasteiger partial charge in [0.05, 0.1) is 0 Å². The van der Waals surface area contributed by atoms with Crippen LogP contribution in [0.2, 0.25) is 0 Å². The van der Waals surface area contributed by atoms with Crippen LogP contribution in [-0.4, -0.2) is 18.6 Å². The van der Waals surface area contributed by atoms with Crippen LogP contribution >= 0.6 is 0 Å².